The summed E-state index contributed by atoms with van der Waals surface area (Å²) < 4.78 is 0. The lowest BCUT2D eigenvalue weighted by atomic mass is 10.1. The Morgan fingerprint density at radius 1 is 1.33 bits per heavy atom. The monoisotopic (exact) mass is 332 g/mol. The minimum absolute atomic E-state index is 0.0106. The molecule has 116 valence electrons. The predicted molar refractivity (Wildman–Crippen MR) is 81.3 cm³/mol. The minimum atomic E-state index is -0.983. The van der Waals surface area contributed by atoms with Crippen LogP contribution in [-0.4, -0.2) is 23.8 Å². The number of benzene rings is 1. The highest BCUT2D eigenvalue weighted by molar-refractivity contribution is 6.36. The van der Waals surface area contributed by atoms with Gasteiger partial charge in [-0.05, 0) is 25.0 Å². The van der Waals surface area contributed by atoms with Gasteiger partial charge >= 0.3 is 6.03 Å². The van der Waals surface area contributed by atoms with Crippen molar-refractivity contribution in [2.24, 2.45) is 0 Å². The topological polar surface area (TPSA) is 70.6 Å². The largest absolute Gasteiger partial charge is 0.386 e. The third kappa shape index (κ3) is 4.74. The Bertz CT molecular complexity index is 473. The van der Waals surface area contributed by atoms with Crippen LogP contribution in [0.5, 0.6) is 0 Å². The molecule has 1 aromatic rings. The van der Waals surface area contributed by atoms with E-state index in [0.29, 0.717) is 15.6 Å². The summed E-state index contributed by atoms with van der Waals surface area (Å²) in [6, 6.07) is 4.46. The Kier molecular flexibility index (Phi) is 6.11. The maximum absolute atomic E-state index is 11.6. The number of rotatable bonds is 5. The Balaban J connectivity index is 1.77. The van der Waals surface area contributed by atoms with Crippen molar-refractivity contribution in [3.63, 3.8) is 0 Å². The summed E-state index contributed by atoms with van der Waals surface area (Å²) in [6.45, 7) is -0.0106. The maximum atomic E-state index is 11.6. The van der Waals surface area contributed by atoms with Gasteiger partial charge in [-0.2, -0.15) is 0 Å². The van der Waals surface area contributed by atoms with Crippen LogP contribution in [0.4, 0.5) is 4.79 Å². The summed E-state index contributed by atoms with van der Waals surface area (Å²) in [7, 11) is 0. The SMILES string of the molecule is O=C(NCC(O)c1c(Cl)cccc1Cl)NOC1CCCC1. The average molecular weight is 333 g/mol. The lowest BCUT2D eigenvalue weighted by molar-refractivity contribution is -0.000416. The molecular weight excluding hydrogens is 315 g/mol. The molecule has 1 aliphatic rings. The van der Waals surface area contributed by atoms with E-state index in [9.17, 15) is 9.90 Å². The fraction of sp³-hybridized carbons (Fsp3) is 0.500. The Hall–Kier alpha value is -1.01. The van der Waals surface area contributed by atoms with E-state index < -0.39 is 12.1 Å². The van der Waals surface area contributed by atoms with Crippen LogP contribution in [0.2, 0.25) is 10.0 Å². The molecule has 0 aromatic heterocycles. The lowest BCUT2D eigenvalue weighted by Gasteiger charge is -2.16. The molecule has 0 saturated heterocycles. The first kappa shape index (κ1) is 16.4. The molecule has 1 unspecified atom stereocenters. The average Bonchev–Trinajstić information content (AvgIpc) is 2.96. The van der Waals surface area contributed by atoms with Crippen LogP contribution in [0, 0.1) is 0 Å². The summed E-state index contributed by atoms with van der Waals surface area (Å²) >= 11 is 12.0. The number of aliphatic hydroxyl groups excluding tert-OH is 1. The first-order valence-corrected chi connectivity index (χ1v) is 7.65. The van der Waals surface area contributed by atoms with Gasteiger partial charge in [0.1, 0.15) is 0 Å². The molecule has 5 nitrogen and oxygen atoms in total. The van der Waals surface area contributed by atoms with Crippen LogP contribution in [0.25, 0.3) is 0 Å². The van der Waals surface area contributed by atoms with Crippen molar-refractivity contribution in [1.82, 2.24) is 10.8 Å². The molecule has 0 spiro atoms. The van der Waals surface area contributed by atoms with Gasteiger partial charge in [0.2, 0.25) is 0 Å². The van der Waals surface area contributed by atoms with Gasteiger partial charge in [0.15, 0.2) is 0 Å². The zero-order chi connectivity index (χ0) is 15.2. The first-order chi connectivity index (χ1) is 10.1. The van der Waals surface area contributed by atoms with E-state index in [0.717, 1.165) is 25.7 Å². The van der Waals surface area contributed by atoms with Crippen molar-refractivity contribution in [3.05, 3.63) is 33.8 Å². The molecule has 2 rings (SSSR count). The van der Waals surface area contributed by atoms with E-state index >= 15 is 0 Å². The van der Waals surface area contributed by atoms with Crippen LogP contribution in [0.3, 0.4) is 0 Å². The molecule has 1 fully saturated rings. The van der Waals surface area contributed by atoms with Crippen LogP contribution in [0.1, 0.15) is 37.4 Å². The number of hydrogen-bond donors (Lipinski definition) is 3. The molecule has 7 heteroatoms. The highest BCUT2D eigenvalue weighted by Crippen LogP contribution is 2.29. The van der Waals surface area contributed by atoms with Gasteiger partial charge in [-0.1, -0.05) is 42.1 Å². The zero-order valence-electron chi connectivity index (χ0n) is 11.4. The Morgan fingerprint density at radius 3 is 2.57 bits per heavy atom. The van der Waals surface area contributed by atoms with Gasteiger partial charge in [0.05, 0.1) is 12.2 Å². The smallest absolute Gasteiger partial charge is 0.338 e. The lowest BCUT2D eigenvalue weighted by Crippen LogP contribution is -2.39. The van der Waals surface area contributed by atoms with Gasteiger partial charge in [0.25, 0.3) is 0 Å². The molecular formula is C14H18Cl2N2O3. The molecule has 1 saturated carbocycles. The van der Waals surface area contributed by atoms with Crippen molar-refractivity contribution in [1.29, 1.82) is 0 Å². The molecule has 3 N–H and O–H groups in total. The number of nitrogens with one attached hydrogen (secondary N) is 2. The first-order valence-electron chi connectivity index (χ1n) is 6.89. The van der Waals surface area contributed by atoms with E-state index in [1.54, 1.807) is 18.2 Å². The molecule has 0 radical (unpaired) electrons. The number of aliphatic hydroxyl groups is 1. The third-order valence-corrected chi connectivity index (χ3v) is 4.07. The van der Waals surface area contributed by atoms with Gasteiger partial charge in [-0.15, -0.1) is 0 Å². The van der Waals surface area contributed by atoms with E-state index in [-0.39, 0.29) is 12.6 Å². The number of amides is 2. The maximum Gasteiger partial charge on any atom is 0.338 e. The second kappa shape index (κ2) is 7.84. The second-order valence-corrected chi connectivity index (χ2v) is 5.80. The highest BCUT2D eigenvalue weighted by atomic mass is 35.5. The number of hydroxylamine groups is 1. The fourth-order valence-corrected chi connectivity index (χ4v) is 2.95. The van der Waals surface area contributed by atoms with Gasteiger partial charge in [0, 0.05) is 22.2 Å². The molecule has 0 heterocycles. The van der Waals surface area contributed by atoms with Crippen LogP contribution in [0.15, 0.2) is 18.2 Å². The van der Waals surface area contributed by atoms with Gasteiger partial charge in [-0.25, -0.2) is 10.3 Å². The van der Waals surface area contributed by atoms with Crippen molar-refractivity contribution in [3.8, 4) is 0 Å². The number of carbonyl (C=O) groups excluding carboxylic acids is 1. The van der Waals surface area contributed by atoms with Crippen molar-refractivity contribution in [2.75, 3.05) is 6.54 Å². The normalized spacial score (nSPS) is 16.7. The zero-order valence-corrected chi connectivity index (χ0v) is 13.0. The summed E-state index contributed by atoms with van der Waals surface area (Å²) in [5.41, 5.74) is 2.73. The van der Waals surface area contributed by atoms with Crippen LogP contribution in [-0.2, 0) is 4.84 Å². The number of urea groups is 1. The Morgan fingerprint density at radius 2 is 1.95 bits per heavy atom. The number of halogens is 2. The second-order valence-electron chi connectivity index (χ2n) is 4.99. The molecule has 1 aliphatic carbocycles. The van der Waals surface area contributed by atoms with E-state index in [1.807, 2.05) is 0 Å². The van der Waals surface area contributed by atoms with E-state index in [2.05, 4.69) is 10.8 Å². The summed E-state index contributed by atoms with van der Waals surface area (Å²) in [5, 5.41) is 13.3. The standard InChI is InChI=1S/C14H18Cl2N2O3/c15-10-6-3-7-11(16)13(10)12(19)8-17-14(20)18-21-9-4-1-2-5-9/h3,6-7,9,12,19H,1-2,4-5,8H2,(H2,17,18,20). The van der Waals surface area contributed by atoms with Crippen molar-refractivity contribution in [2.45, 2.75) is 37.9 Å². The van der Waals surface area contributed by atoms with Crippen LogP contribution < -0.4 is 10.8 Å². The third-order valence-electron chi connectivity index (χ3n) is 3.41. The van der Waals surface area contributed by atoms with Crippen molar-refractivity contribution >= 4 is 29.2 Å². The fourth-order valence-electron chi connectivity index (χ4n) is 2.30. The number of hydrogen-bond acceptors (Lipinski definition) is 3. The molecule has 0 aliphatic heterocycles. The molecule has 1 atom stereocenters. The molecule has 2 amide bonds. The van der Waals surface area contributed by atoms with Crippen molar-refractivity contribution < 1.29 is 14.7 Å². The molecule has 1 aromatic carbocycles. The van der Waals surface area contributed by atoms with E-state index in [4.69, 9.17) is 28.0 Å². The van der Waals surface area contributed by atoms with E-state index in [1.165, 1.54) is 0 Å². The molecule has 21 heavy (non-hydrogen) atoms. The highest BCUT2D eigenvalue weighted by Gasteiger charge is 2.18. The molecule has 0 bridgehead atoms. The summed E-state index contributed by atoms with van der Waals surface area (Å²) in [6.07, 6.45) is 3.26. The van der Waals surface area contributed by atoms with Gasteiger partial charge in [-0.3, -0.25) is 4.84 Å². The summed E-state index contributed by atoms with van der Waals surface area (Å²) in [4.78, 5) is 16.8. The van der Waals surface area contributed by atoms with Gasteiger partial charge < -0.3 is 10.4 Å². The Labute approximate surface area is 133 Å². The predicted octanol–water partition coefficient (Wildman–Crippen LogP) is 3.20. The van der Waals surface area contributed by atoms with Crippen LogP contribution >= 0.6 is 23.2 Å². The number of carbonyl (C=O) groups is 1. The minimum Gasteiger partial charge on any atom is -0.386 e. The summed E-state index contributed by atoms with van der Waals surface area (Å²) in [5.74, 6) is 0. The quantitative estimate of drug-likeness (QED) is 0.725.